The first-order chi connectivity index (χ1) is 8.01. The molecule has 0 aliphatic carbocycles. The number of rotatable bonds is 5. The Labute approximate surface area is 98.9 Å². The molecule has 0 N–H and O–H groups in total. The molecule has 0 spiro atoms. The van der Waals surface area contributed by atoms with Crippen molar-refractivity contribution in [1.82, 2.24) is 0 Å². The van der Waals surface area contributed by atoms with Crippen molar-refractivity contribution in [3.05, 3.63) is 35.9 Å². The third kappa shape index (κ3) is 6.00. The van der Waals surface area contributed by atoms with Crippen molar-refractivity contribution in [1.29, 1.82) is 0 Å². The minimum Gasteiger partial charge on any atom is -0.494 e. The number of ether oxygens (including phenoxy) is 1. The lowest BCUT2D eigenvalue weighted by Crippen LogP contribution is -2.00. The minimum atomic E-state index is -4.28. The van der Waals surface area contributed by atoms with E-state index in [0.717, 1.165) is 18.9 Å². The molecule has 0 amide bonds. The summed E-state index contributed by atoms with van der Waals surface area (Å²) in [6, 6.07) is 6.62. The summed E-state index contributed by atoms with van der Waals surface area (Å²) >= 11 is 0. The summed E-state index contributed by atoms with van der Waals surface area (Å²) < 4.78 is 41.3. The van der Waals surface area contributed by atoms with Gasteiger partial charge in [-0.2, -0.15) is 13.2 Å². The normalized spacial score (nSPS) is 12.0. The van der Waals surface area contributed by atoms with E-state index < -0.39 is 6.18 Å². The second-order valence-electron chi connectivity index (χ2n) is 3.65. The number of allylic oxidation sites excluding steroid dienone is 1. The molecule has 4 heteroatoms. The van der Waals surface area contributed by atoms with Crippen LogP contribution in [0.5, 0.6) is 5.75 Å². The maximum Gasteiger partial charge on any atom is 0.409 e. The van der Waals surface area contributed by atoms with Crippen LogP contribution in [0.3, 0.4) is 0 Å². The van der Waals surface area contributed by atoms with E-state index in [4.69, 9.17) is 4.74 Å². The van der Waals surface area contributed by atoms with Gasteiger partial charge in [-0.15, -0.1) is 0 Å². The lowest BCUT2D eigenvalue weighted by Gasteiger charge is -2.05. The summed E-state index contributed by atoms with van der Waals surface area (Å²) in [4.78, 5) is 0. The molecule has 0 aliphatic rings. The molecule has 0 radical (unpaired) electrons. The van der Waals surface area contributed by atoms with Gasteiger partial charge in [0.2, 0.25) is 0 Å². The van der Waals surface area contributed by atoms with Crippen LogP contribution in [0.25, 0.3) is 6.08 Å². The number of unbranched alkanes of at least 4 members (excludes halogenated alkanes) is 1. The van der Waals surface area contributed by atoms with E-state index in [2.05, 4.69) is 0 Å². The Morgan fingerprint density at radius 3 is 2.71 bits per heavy atom. The molecule has 17 heavy (non-hydrogen) atoms. The second-order valence-corrected chi connectivity index (χ2v) is 3.65. The molecule has 1 nitrogen and oxygen atoms in total. The molecule has 1 aromatic carbocycles. The highest BCUT2D eigenvalue weighted by Gasteiger charge is 2.21. The maximum atomic E-state index is 12.0. The van der Waals surface area contributed by atoms with Gasteiger partial charge in [0.15, 0.2) is 0 Å². The van der Waals surface area contributed by atoms with Gasteiger partial charge in [-0.1, -0.05) is 25.5 Å². The number of hydrogen-bond donors (Lipinski definition) is 0. The summed E-state index contributed by atoms with van der Waals surface area (Å²) in [6.45, 7) is 2.63. The van der Waals surface area contributed by atoms with Gasteiger partial charge in [-0.3, -0.25) is 0 Å². The van der Waals surface area contributed by atoms with E-state index >= 15 is 0 Å². The van der Waals surface area contributed by atoms with Crippen LogP contribution in [0.1, 0.15) is 25.3 Å². The van der Waals surface area contributed by atoms with Gasteiger partial charge in [0.05, 0.1) is 6.61 Å². The Hall–Kier alpha value is -1.45. The summed E-state index contributed by atoms with van der Waals surface area (Å²) in [5.41, 5.74) is 0.483. The summed E-state index contributed by atoms with van der Waals surface area (Å²) in [5, 5.41) is 0. The van der Waals surface area contributed by atoms with Crippen LogP contribution < -0.4 is 4.74 Å². The molecule has 0 aliphatic heterocycles. The van der Waals surface area contributed by atoms with Gasteiger partial charge in [0, 0.05) is 6.08 Å². The predicted octanol–water partition coefficient (Wildman–Crippen LogP) is 4.44. The van der Waals surface area contributed by atoms with Gasteiger partial charge in [0.25, 0.3) is 0 Å². The third-order valence-electron chi connectivity index (χ3n) is 2.09. The third-order valence-corrected chi connectivity index (χ3v) is 2.09. The van der Waals surface area contributed by atoms with E-state index in [1.807, 2.05) is 6.92 Å². The Morgan fingerprint density at radius 2 is 2.06 bits per heavy atom. The molecule has 0 fully saturated rings. The fraction of sp³-hybridized carbons (Fsp3) is 0.385. The van der Waals surface area contributed by atoms with Crippen molar-refractivity contribution in [2.75, 3.05) is 6.61 Å². The van der Waals surface area contributed by atoms with E-state index in [1.165, 1.54) is 0 Å². The molecule has 0 atom stereocenters. The van der Waals surface area contributed by atoms with Crippen LogP contribution in [-0.4, -0.2) is 12.8 Å². The molecule has 1 rings (SSSR count). The van der Waals surface area contributed by atoms with Crippen molar-refractivity contribution >= 4 is 6.08 Å². The molecule has 0 unspecified atom stereocenters. The van der Waals surface area contributed by atoms with Gasteiger partial charge in [-0.05, 0) is 30.2 Å². The average Bonchev–Trinajstić information content (AvgIpc) is 2.27. The Bertz CT molecular complexity index is 369. The molecule has 1 aromatic rings. The number of benzene rings is 1. The predicted molar refractivity (Wildman–Crippen MR) is 61.9 cm³/mol. The summed E-state index contributed by atoms with van der Waals surface area (Å²) in [7, 11) is 0. The largest absolute Gasteiger partial charge is 0.494 e. The lowest BCUT2D eigenvalue weighted by atomic mass is 10.2. The molecule has 0 aromatic heterocycles. The van der Waals surface area contributed by atoms with E-state index in [1.54, 1.807) is 24.3 Å². The zero-order valence-electron chi connectivity index (χ0n) is 9.63. The molecular weight excluding hydrogens is 229 g/mol. The highest BCUT2D eigenvalue weighted by atomic mass is 19.4. The molecule has 0 bridgehead atoms. The van der Waals surface area contributed by atoms with Crippen molar-refractivity contribution in [3.63, 3.8) is 0 Å². The first-order valence-electron chi connectivity index (χ1n) is 5.50. The first kappa shape index (κ1) is 13.6. The quantitative estimate of drug-likeness (QED) is 0.696. The Morgan fingerprint density at radius 1 is 1.29 bits per heavy atom. The monoisotopic (exact) mass is 244 g/mol. The number of halogens is 3. The zero-order chi connectivity index (χ0) is 12.7. The summed E-state index contributed by atoms with van der Waals surface area (Å²) in [5.74, 6) is 0.600. The number of hydrogen-bond acceptors (Lipinski definition) is 1. The van der Waals surface area contributed by atoms with Crippen LogP contribution in [-0.2, 0) is 0 Å². The van der Waals surface area contributed by atoms with E-state index in [-0.39, 0.29) is 6.08 Å². The molecular formula is C13H15F3O. The second kappa shape index (κ2) is 6.33. The summed E-state index contributed by atoms with van der Waals surface area (Å²) in [6.07, 6.45) is -1.07. The fourth-order valence-corrected chi connectivity index (χ4v) is 1.23. The van der Waals surface area contributed by atoms with E-state index in [9.17, 15) is 13.2 Å². The van der Waals surface area contributed by atoms with Gasteiger partial charge >= 0.3 is 6.18 Å². The topological polar surface area (TPSA) is 9.23 Å². The lowest BCUT2D eigenvalue weighted by molar-refractivity contribution is -0.0790. The van der Waals surface area contributed by atoms with Crippen LogP contribution >= 0.6 is 0 Å². The standard InChI is InChI=1S/C13H15F3O/c1-2-3-9-17-12-6-4-5-11(10-12)7-8-13(14,15)16/h4-8,10H,2-3,9H2,1H3/b8-7+. The molecule has 0 heterocycles. The first-order valence-corrected chi connectivity index (χ1v) is 5.50. The van der Waals surface area contributed by atoms with Crippen LogP contribution in [0.15, 0.2) is 30.3 Å². The zero-order valence-corrected chi connectivity index (χ0v) is 9.63. The van der Waals surface area contributed by atoms with E-state index in [0.29, 0.717) is 17.9 Å². The number of alkyl halides is 3. The van der Waals surface area contributed by atoms with Crippen molar-refractivity contribution in [2.45, 2.75) is 25.9 Å². The Kier molecular flexibility index (Phi) is 5.07. The highest BCUT2D eigenvalue weighted by Crippen LogP contribution is 2.20. The molecule has 0 saturated heterocycles. The van der Waals surface area contributed by atoms with Crippen molar-refractivity contribution in [2.24, 2.45) is 0 Å². The van der Waals surface area contributed by atoms with Crippen LogP contribution in [0.2, 0.25) is 0 Å². The van der Waals surface area contributed by atoms with Crippen molar-refractivity contribution in [3.8, 4) is 5.75 Å². The maximum absolute atomic E-state index is 12.0. The fourth-order valence-electron chi connectivity index (χ4n) is 1.23. The van der Waals surface area contributed by atoms with Gasteiger partial charge in [0.1, 0.15) is 5.75 Å². The van der Waals surface area contributed by atoms with Gasteiger partial charge < -0.3 is 4.74 Å². The molecule has 94 valence electrons. The SMILES string of the molecule is CCCCOc1cccc(/C=C/C(F)(F)F)c1. The van der Waals surface area contributed by atoms with Crippen LogP contribution in [0, 0.1) is 0 Å². The van der Waals surface area contributed by atoms with Crippen LogP contribution in [0.4, 0.5) is 13.2 Å². The smallest absolute Gasteiger partial charge is 0.409 e. The average molecular weight is 244 g/mol. The van der Waals surface area contributed by atoms with Gasteiger partial charge in [-0.25, -0.2) is 0 Å². The molecule has 0 saturated carbocycles. The minimum absolute atomic E-state index is 0.220. The Balaban J connectivity index is 2.63. The highest BCUT2D eigenvalue weighted by molar-refractivity contribution is 5.52. The van der Waals surface area contributed by atoms with Crippen molar-refractivity contribution < 1.29 is 17.9 Å².